The number of hydrogen-bond acceptors (Lipinski definition) is 4. The van der Waals surface area contributed by atoms with Crippen molar-refractivity contribution in [1.82, 2.24) is 15.4 Å². The van der Waals surface area contributed by atoms with Crippen LogP contribution in [0.25, 0.3) is 0 Å². The Kier molecular flexibility index (Phi) is 2.27. The molecule has 0 radical (unpaired) electrons. The van der Waals surface area contributed by atoms with Crippen LogP contribution < -0.4 is 16.0 Å². The van der Waals surface area contributed by atoms with Crippen LogP contribution in [-0.2, 0) is 0 Å². The molecule has 2 N–H and O–H groups in total. The van der Waals surface area contributed by atoms with Crippen molar-refractivity contribution in [3.05, 3.63) is 22.7 Å². The molecule has 1 aromatic heterocycles. The van der Waals surface area contributed by atoms with Crippen LogP contribution in [0.2, 0.25) is 0 Å². The Morgan fingerprint density at radius 1 is 1.46 bits per heavy atom. The van der Waals surface area contributed by atoms with E-state index < -0.39 is 0 Å². The molecule has 0 saturated carbocycles. The van der Waals surface area contributed by atoms with Gasteiger partial charge in [0.25, 0.3) is 5.56 Å². The van der Waals surface area contributed by atoms with Gasteiger partial charge in [0.2, 0.25) is 0 Å². The summed E-state index contributed by atoms with van der Waals surface area (Å²) in [4.78, 5) is 17.5. The fourth-order valence-corrected chi connectivity index (χ4v) is 1.39. The smallest absolute Gasteiger partial charge is 0.252 e. The second-order valence-corrected chi connectivity index (χ2v) is 3.04. The summed E-state index contributed by atoms with van der Waals surface area (Å²) in [6.45, 7) is 1.87. The van der Waals surface area contributed by atoms with Gasteiger partial charge in [-0.25, -0.2) is 10.4 Å². The van der Waals surface area contributed by atoms with Gasteiger partial charge in [-0.2, -0.15) is 0 Å². The quantitative estimate of drug-likeness (QED) is 0.632. The van der Waals surface area contributed by atoms with E-state index in [2.05, 4.69) is 15.4 Å². The number of hydrogen-bond donors (Lipinski definition) is 2. The molecule has 1 aliphatic heterocycles. The third kappa shape index (κ3) is 1.86. The van der Waals surface area contributed by atoms with E-state index in [0.29, 0.717) is 5.82 Å². The maximum atomic E-state index is 11.0. The fraction of sp³-hybridized carbons (Fsp3) is 0.500. The summed E-state index contributed by atoms with van der Waals surface area (Å²) < 4.78 is 0. The van der Waals surface area contributed by atoms with Crippen molar-refractivity contribution in [2.24, 2.45) is 0 Å². The van der Waals surface area contributed by atoms with Gasteiger partial charge in [-0.1, -0.05) is 0 Å². The highest BCUT2D eigenvalue weighted by Gasteiger charge is 2.10. The van der Waals surface area contributed by atoms with E-state index in [1.54, 1.807) is 0 Å². The van der Waals surface area contributed by atoms with Gasteiger partial charge >= 0.3 is 0 Å². The third-order valence-corrected chi connectivity index (χ3v) is 2.05. The van der Waals surface area contributed by atoms with Gasteiger partial charge in [-0.3, -0.25) is 9.80 Å². The number of aromatic amines is 1. The van der Waals surface area contributed by atoms with Gasteiger partial charge in [-0.05, 0) is 12.8 Å². The van der Waals surface area contributed by atoms with Gasteiger partial charge in [-0.15, -0.1) is 0 Å². The predicted molar refractivity (Wildman–Crippen MR) is 49.4 cm³/mol. The van der Waals surface area contributed by atoms with E-state index in [-0.39, 0.29) is 5.56 Å². The van der Waals surface area contributed by atoms with E-state index in [1.807, 2.05) is 5.01 Å². The van der Waals surface area contributed by atoms with Crippen LogP contribution in [-0.4, -0.2) is 23.1 Å². The first kappa shape index (κ1) is 8.25. The van der Waals surface area contributed by atoms with Crippen LogP contribution in [0.15, 0.2) is 17.2 Å². The second kappa shape index (κ2) is 3.57. The van der Waals surface area contributed by atoms with E-state index in [4.69, 9.17) is 0 Å². The number of anilines is 1. The SMILES string of the molecule is O=c1cc(N2CCCCN2)nc[nH]1. The molecular formula is C8H12N4O. The molecule has 0 unspecified atom stereocenters. The topological polar surface area (TPSA) is 61.0 Å². The minimum Gasteiger partial charge on any atom is -0.313 e. The number of rotatable bonds is 1. The van der Waals surface area contributed by atoms with Gasteiger partial charge in [0.05, 0.1) is 6.33 Å². The first-order valence-corrected chi connectivity index (χ1v) is 4.42. The Bertz CT molecular complexity index is 329. The number of hydrazine groups is 1. The lowest BCUT2D eigenvalue weighted by Crippen LogP contribution is -2.44. The van der Waals surface area contributed by atoms with Gasteiger partial charge in [0, 0.05) is 19.2 Å². The molecule has 13 heavy (non-hydrogen) atoms. The Balaban J connectivity index is 2.19. The maximum absolute atomic E-state index is 11.0. The number of nitrogens with one attached hydrogen (secondary N) is 2. The van der Waals surface area contributed by atoms with Crippen molar-refractivity contribution in [1.29, 1.82) is 0 Å². The number of H-pyrrole nitrogens is 1. The lowest BCUT2D eigenvalue weighted by atomic mass is 10.2. The zero-order valence-corrected chi connectivity index (χ0v) is 7.29. The summed E-state index contributed by atoms with van der Waals surface area (Å²) >= 11 is 0. The zero-order chi connectivity index (χ0) is 9.10. The molecule has 0 aliphatic carbocycles. The zero-order valence-electron chi connectivity index (χ0n) is 7.29. The molecule has 0 spiro atoms. The minimum atomic E-state index is -0.114. The molecule has 1 aromatic rings. The van der Waals surface area contributed by atoms with Gasteiger partial charge < -0.3 is 4.98 Å². The number of nitrogens with zero attached hydrogens (tertiary/aromatic N) is 2. The highest BCUT2D eigenvalue weighted by molar-refractivity contribution is 5.34. The van der Waals surface area contributed by atoms with Crippen LogP contribution in [0, 0.1) is 0 Å². The van der Waals surface area contributed by atoms with E-state index in [1.165, 1.54) is 18.8 Å². The summed E-state index contributed by atoms with van der Waals surface area (Å²) in [5.74, 6) is 0.698. The third-order valence-electron chi connectivity index (χ3n) is 2.05. The summed E-state index contributed by atoms with van der Waals surface area (Å²) in [7, 11) is 0. The van der Waals surface area contributed by atoms with Crippen molar-refractivity contribution in [3.63, 3.8) is 0 Å². The van der Waals surface area contributed by atoms with Crippen LogP contribution in [0.5, 0.6) is 0 Å². The Hall–Kier alpha value is -1.36. The standard InChI is InChI=1S/C8H12N4O/c13-8-5-7(9-6-10-8)12-4-2-1-3-11-12/h5-6,11H,1-4H2,(H,9,10,13). The molecule has 1 aliphatic rings. The molecule has 0 amide bonds. The first-order chi connectivity index (χ1) is 6.36. The highest BCUT2D eigenvalue weighted by atomic mass is 16.1. The van der Waals surface area contributed by atoms with E-state index in [0.717, 1.165) is 19.5 Å². The molecule has 5 nitrogen and oxygen atoms in total. The van der Waals surface area contributed by atoms with Crippen molar-refractivity contribution in [2.45, 2.75) is 12.8 Å². The molecule has 1 saturated heterocycles. The Morgan fingerprint density at radius 3 is 3.08 bits per heavy atom. The van der Waals surface area contributed by atoms with Crippen LogP contribution in [0.4, 0.5) is 5.82 Å². The minimum absolute atomic E-state index is 0.114. The predicted octanol–water partition coefficient (Wildman–Crippen LogP) is -0.125. The van der Waals surface area contributed by atoms with E-state index >= 15 is 0 Å². The Morgan fingerprint density at radius 2 is 2.38 bits per heavy atom. The molecule has 0 aromatic carbocycles. The average Bonchev–Trinajstić information content (AvgIpc) is 2.19. The van der Waals surface area contributed by atoms with Crippen molar-refractivity contribution in [2.75, 3.05) is 18.1 Å². The van der Waals surface area contributed by atoms with Crippen molar-refractivity contribution < 1.29 is 0 Å². The summed E-state index contributed by atoms with van der Waals surface area (Å²) in [5.41, 5.74) is 3.07. The molecule has 70 valence electrons. The Labute approximate surface area is 75.8 Å². The van der Waals surface area contributed by atoms with Gasteiger partial charge in [0.15, 0.2) is 0 Å². The lowest BCUT2D eigenvalue weighted by molar-refractivity contribution is 0.507. The van der Waals surface area contributed by atoms with E-state index in [9.17, 15) is 4.79 Å². The molecule has 5 heteroatoms. The van der Waals surface area contributed by atoms with Crippen LogP contribution >= 0.6 is 0 Å². The summed E-state index contributed by atoms with van der Waals surface area (Å²) in [6.07, 6.45) is 3.75. The summed E-state index contributed by atoms with van der Waals surface area (Å²) in [6, 6.07) is 1.50. The molecule has 2 rings (SSSR count). The lowest BCUT2D eigenvalue weighted by Gasteiger charge is -2.28. The van der Waals surface area contributed by atoms with Crippen molar-refractivity contribution >= 4 is 5.82 Å². The van der Waals surface area contributed by atoms with Crippen molar-refractivity contribution in [3.8, 4) is 0 Å². The second-order valence-electron chi connectivity index (χ2n) is 3.04. The number of aromatic nitrogens is 2. The van der Waals surface area contributed by atoms with Gasteiger partial charge in [0.1, 0.15) is 5.82 Å². The maximum Gasteiger partial charge on any atom is 0.252 e. The average molecular weight is 180 g/mol. The fourth-order valence-electron chi connectivity index (χ4n) is 1.39. The molecular weight excluding hydrogens is 168 g/mol. The van der Waals surface area contributed by atoms with Crippen LogP contribution in [0.3, 0.4) is 0 Å². The molecule has 2 heterocycles. The molecule has 1 fully saturated rings. The largest absolute Gasteiger partial charge is 0.313 e. The normalized spacial score (nSPS) is 17.4. The first-order valence-electron chi connectivity index (χ1n) is 4.42. The monoisotopic (exact) mass is 180 g/mol. The summed E-state index contributed by atoms with van der Waals surface area (Å²) in [5, 5.41) is 1.92. The molecule has 0 bridgehead atoms. The van der Waals surface area contributed by atoms with Crippen LogP contribution in [0.1, 0.15) is 12.8 Å². The highest BCUT2D eigenvalue weighted by Crippen LogP contribution is 2.08. The molecule has 0 atom stereocenters.